The first-order valence-electron chi connectivity index (χ1n) is 15.5. The van der Waals surface area contributed by atoms with E-state index in [0.717, 1.165) is 50.3 Å². The third kappa shape index (κ3) is 6.72. The molecule has 0 aliphatic rings. The number of fused-ring (bicyclic) bond motifs is 3. The van der Waals surface area contributed by atoms with Gasteiger partial charge in [0, 0.05) is 42.9 Å². The SMILES string of the molecule is Cc1ccc(-c2[c-]ccc3c2oc2nc(-c4c(C(C)C)cccc4C(C)C)ccc23)nc1C.[Ir].[c-]1ccccc1-c1ccccn1. The first-order valence-corrected chi connectivity index (χ1v) is 15.5. The molecule has 0 saturated carbocycles. The Morgan fingerprint density at radius 3 is 2.02 bits per heavy atom. The quantitative estimate of drug-likeness (QED) is 0.163. The number of pyridine rings is 3. The minimum absolute atomic E-state index is 0. The van der Waals surface area contributed by atoms with Crippen LogP contribution >= 0.6 is 0 Å². The fraction of sp³-hybridized carbons (Fsp3) is 0.195. The second kappa shape index (κ2) is 14.3. The van der Waals surface area contributed by atoms with Crippen molar-refractivity contribution in [3.05, 3.63) is 138 Å². The summed E-state index contributed by atoms with van der Waals surface area (Å²) in [5, 5.41) is 2.06. The number of rotatable bonds is 5. The maximum absolute atomic E-state index is 6.39. The van der Waals surface area contributed by atoms with Gasteiger partial charge in [0.1, 0.15) is 0 Å². The first kappa shape index (κ1) is 32.9. The van der Waals surface area contributed by atoms with Crippen molar-refractivity contribution < 1.29 is 24.5 Å². The summed E-state index contributed by atoms with van der Waals surface area (Å²) in [6.45, 7) is 13.1. The standard InChI is InChI=1S/C30H29N2O.C11H8N.Ir/c1-17(2)21-9-7-10-22(18(3)4)28(21)27-16-14-24-23-11-8-12-25(29(23)33-30(24)32-27)26-15-13-19(5)20(6)31-26;1-2-6-10(7-3-1)11-8-4-5-9-12-11;/h7-11,13-18H,1-6H3;1-6,8-9H;/q2*-1;. The Kier molecular flexibility index (Phi) is 10.3. The molecule has 0 fully saturated rings. The van der Waals surface area contributed by atoms with Crippen molar-refractivity contribution in [1.29, 1.82) is 0 Å². The van der Waals surface area contributed by atoms with Crippen molar-refractivity contribution in [1.82, 2.24) is 15.0 Å². The average Bonchev–Trinajstić information content (AvgIpc) is 3.45. The normalized spacial score (nSPS) is 11.0. The Morgan fingerprint density at radius 1 is 0.630 bits per heavy atom. The van der Waals surface area contributed by atoms with Gasteiger partial charge in [0.05, 0.1) is 11.3 Å². The van der Waals surface area contributed by atoms with Crippen molar-refractivity contribution in [3.8, 4) is 33.8 Å². The summed E-state index contributed by atoms with van der Waals surface area (Å²) >= 11 is 0. The van der Waals surface area contributed by atoms with Crippen LogP contribution in [0.25, 0.3) is 55.8 Å². The van der Waals surface area contributed by atoms with Crippen molar-refractivity contribution in [2.45, 2.75) is 53.4 Å². The fourth-order valence-corrected chi connectivity index (χ4v) is 5.64. The van der Waals surface area contributed by atoms with E-state index in [1.807, 2.05) is 61.5 Å². The van der Waals surface area contributed by atoms with Gasteiger partial charge >= 0.3 is 0 Å². The molecule has 1 radical (unpaired) electrons. The summed E-state index contributed by atoms with van der Waals surface area (Å²) in [5.41, 5.74) is 12.2. The van der Waals surface area contributed by atoms with Gasteiger partial charge < -0.3 is 14.4 Å². The summed E-state index contributed by atoms with van der Waals surface area (Å²) in [6.07, 6.45) is 1.79. The zero-order valence-electron chi connectivity index (χ0n) is 27.1. The number of aromatic nitrogens is 3. The summed E-state index contributed by atoms with van der Waals surface area (Å²) in [4.78, 5) is 14.0. The number of nitrogens with zero attached hydrogens (tertiary/aromatic N) is 3. The zero-order valence-corrected chi connectivity index (χ0v) is 29.4. The molecular weight excluding hydrogens is 743 g/mol. The first-order chi connectivity index (χ1) is 21.8. The van der Waals surface area contributed by atoms with Crippen LogP contribution in [-0.2, 0) is 20.1 Å². The Hall–Kier alpha value is -4.44. The monoisotopic (exact) mass is 780 g/mol. The molecule has 7 rings (SSSR count). The van der Waals surface area contributed by atoms with E-state index in [9.17, 15) is 0 Å². The molecule has 7 aromatic rings. The van der Waals surface area contributed by atoms with Crippen molar-refractivity contribution >= 4 is 22.1 Å². The topological polar surface area (TPSA) is 51.8 Å². The van der Waals surface area contributed by atoms with Gasteiger partial charge in [-0.1, -0.05) is 81.1 Å². The largest absolute Gasteiger partial charge is 0.486 e. The molecule has 0 N–H and O–H groups in total. The van der Waals surface area contributed by atoms with Crippen molar-refractivity contribution in [2.24, 2.45) is 0 Å². The molecule has 0 saturated heterocycles. The number of benzene rings is 3. The van der Waals surface area contributed by atoms with Gasteiger partial charge in [-0.3, -0.25) is 0 Å². The van der Waals surface area contributed by atoms with E-state index in [1.165, 1.54) is 22.3 Å². The van der Waals surface area contributed by atoms with Crippen molar-refractivity contribution in [3.63, 3.8) is 0 Å². The van der Waals surface area contributed by atoms with Crippen LogP contribution in [0.15, 0.2) is 108 Å². The molecule has 0 amide bonds. The van der Waals surface area contributed by atoms with Gasteiger partial charge in [0.2, 0.25) is 5.71 Å². The van der Waals surface area contributed by atoms with E-state index >= 15 is 0 Å². The minimum atomic E-state index is 0. The molecule has 0 atom stereocenters. The van der Waals surface area contributed by atoms with Crippen LogP contribution in [0.2, 0.25) is 0 Å². The molecule has 0 bridgehead atoms. The molecule has 233 valence electrons. The van der Waals surface area contributed by atoms with Gasteiger partial charge in [-0.15, -0.1) is 54.1 Å². The van der Waals surface area contributed by atoms with Crippen LogP contribution in [0.5, 0.6) is 0 Å². The van der Waals surface area contributed by atoms with Gasteiger partial charge in [-0.25, -0.2) is 4.98 Å². The predicted octanol–water partition coefficient (Wildman–Crippen LogP) is 10.9. The average molecular weight is 780 g/mol. The molecule has 46 heavy (non-hydrogen) atoms. The second-order valence-electron chi connectivity index (χ2n) is 12.0. The van der Waals surface area contributed by atoms with E-state index in [0.29, 0.717) is 17.5 Å². The zero-order chi connectivity index (χ0) is 31.5. The Morgan fingerprint density at radius 2 is 1.37 bits per heavy atom. The molecule has 4 heterocycles. The molecule has 0 unspecified atom stereocenters. The van der Waals surface area contributed by atoms with E-state index in [2.05, 4.69) is 94.2 Å². The molecule has 4 aromatic heterocycles. The second-order valence-corrected chi connectivity index (χ2v) is 12.0. The van der Waals surface area contributed by atoms with Gasteiger partial charge in [0.25, 0.3) is 0 Å². The predicted molar refractivity (Wildman–Crippen MR) is 185 cm³/mol. The molecule has 4 nitrogen and oxygen atoms in total. The number of aryl methyl sites for hydroxylation is 2. The molecule has 0 spiro atoms. The van der Waals surface area contributed by atoms with Gasteiger partial charge in [0.15, 0.2) is 0 Å². The minimum Gasteiger partial charge on any atom is -0.486 e. The van der Waals surface area contributed by atoms with Crippen LogP contribution in [0, 0.1) is 26.0 Å². The number of furan rings is 1. The Labute approximate surface area is 285 Å². The molecule has 0 aliphatic carbocycles. The van der Waals surface area contributed by atoms with Crippen LogP contribution in [0.3, 0.4) is 0 Å². The summed E-state index contributed by atoms with van der Waals surface area (Å²) in [6, 6.07) is 39.2. The Balaban J connectivity index is 0.000000269. The van der Waals surface area contributed by atoms with Crippen LogP contribution < -0.4 is 0 Å². The van der Waals surface area contributed by atoms with E-state index in [1.54, 1.807) is 6.20 Å². The van der Waals surface area contributed by atoms with E-state index < -0.39 is 0 Å². The van der Waals surface area contributed by atoms with Crippen LogP contribution in [-0.4, -0.2) is 15.0 Å². The number of hydrogen-bond acceptors (Lipinski definition) is 4. The van der Waals surface area contributed by atoms with E-state index in [-0.39, 0.29) is 20.1 Å². The Bertz CT molecular complexity index is 2020. The van der Waals surface area contributed by atoms with Gasteiger partial charge in [-0.05, 0) is 72.0 Å². The van der Waals surface area contributed by atoms with Crippen LogP contribution in [0.4, 0.5) is 0 Å². The fourth-order valence-electron chi connectivity index (χ4n) is 5.64. The number of hydrogen-bond donors (Lipinski definition) is 0. The van der Waals surface area contributed by atoms with Crippen LogP contribution in [0.1, 0.15) is 61.9 Å². The van der Waals surface area contributed by atoms with Gasteiger partial charge in [-0.2, -0.15) is 0 Å². The maximum Gasteiger partial charge on any atom is 0.216 e. The van der Waals surface area contributed by atoms with E-state index in [4.69, 9.17) is 14.4 Å². The molecule has 3 aromatic carbocycles. The van der Waals surface area contributed by atoms with Crippen molar-refractivity contribution in [2.75, 3.05) is 0 Å². The third-order valence-corrected chi connectivity index (χ3v) is 8.18. The summed E-state index contributed by atoms with van der Waals surface area (Å²) in [5.74, 6) is 0.813. The third-order valence-electron chi connectivity index (χ3n) is 8.18. The maximum atomic E-state index is 6.39. The molecule has 5 heteroatoms. The molecule has 0 aliphatic heterocycles. The summed E-state index contributed by atoms with van der Waals surface area (Å²) in [7, 11) is 0. The summed E-state index contributed by atoms with van der Waals surface area (Å²) < 4.78 is 6.39. The molecular formula is C41H37IrN3O-2. The smallest absolute Gasteiger partial charge is 0.216 e.